The number of thiophene rings is 1. The number of fused-ring (bicyclic) bond motifs is 9. The molecule has 0 N–H and O–H groups in total. The first-order chi connectivity index (χ1) is 27.2. The molecule has 0 unspecified atom stereocenters. The zero-order chi connectivity index (χ0) is 36.3. The molecule has 11 aromatic rings. The molecule has 256 valence electrons. The largest absolute Gasteiger partial charge is 0.208 e. The van der Waals surface area contributed by atoms with E-state index in [1.165, 1.54) is 63.8 Å². The van der Waals surface area contributed by atoms with E-state index in [4.69, 9.17) is 15.0 Å². The zero-order valence-electron chi connectivity index (χ0n) is 29.6. The third-order valence-corrected chi connectivity index (χ3v) is 11.9. The normalized spacial score (nSPS) is 11.6. The molecule has 4 heteroatoms. The second-order valence-electron chi connectivity index (χ2n) is 14.0. The Labute approximate surface area is 321 Å². The van der Waals surface area contributed by atoms with Crippen LogP contribution in [0.3, 0.4) is 0 Å². The van der Waals surface area contributed by atoms with Gasteiger partial charge in [0, 0.05) is 42.2 Å². The molecule has 0 saturated carbocycles. The fourth-order valence-corrected chi connectivity index (χ4v) is 9.21. The molecule has 0 aliphatic rings. The number of hydrogen-bond donors (Lipinski definition) is 0. The fraction of sp³-hybridized carbons (Fsp3) is 0. The van der Waals surface area contributed by atoms with Crippen LogP contribution >= 0.6 is 11.3 Å². The molecular weight excluding hydrogens is 687 g/mol. The summed E-state index contributed by atoms with van der Waals surface area (Å²) in [7, 11) is 0. The average Bonchev–Trinajstić information content (AvgIpc) is 3.64. The van der Waals surface area contributed by atoms with Gasteiger partial charge in [0.15, 0.2) is 17.5 Å². The lowest BCUT2D eigenvalue weighted by Gasteiger charge is -2.16. The van der Waals surface area contributed by atoms with Crippen molar-refractivity contribution in [2.45, 2.75) is 0 Å². The van der Waals surface area contributed by atoms with E-state index in [-0.39, 0.29) is 0 Å². The summed E-state index contributed by atoms with van der Waals surface area (Å²) < 4.78 is 2.62. The van der Waals surface area contributed by atoms with E-state index in [0.29, 0.717) is 17.5 Å². The van der Waals surface area contributed by atoms with E-state index in [1.807, 2.05) is 35.6 Å². The highest BCUT2D eigenvalue weighted by Crippen LogP contribution is 2.42. The summed E-state index contributed by atoms with van der Waals surface area (Å²) in [6.45, 7) is 0. The number of rotatable bonds is 5. The van der Waals surface area contributed by atoms with Crippen molar-refractivity contribution in [2.75, 3.05) is 0 Å². The van der Waals surface area contributed by atoms with Crippen LogP contribution in [0.1, 0.15) is 0 Å². The monoisotopic (exact) mass is 717 g/mol. The Hall–Kier alpha value is -7.01. The van der Waals surface area contributed by atoms with Gasteiger partial charge in [-0.3, -0.25) is 0 Å². The molecule has 0 atom stereocenters. The molecule has 0 fully saturated rings. The van der Waals surface area contributed by atoms with Crippen molar-refractivity contribution >= 4 is 63.8 Å². The molecule has 0 saturated heterocycles. The lowest BCUT2D eigenvalue weighted by atomic mass is 9.89. The Morgan fingerprint density at radius 3 is 1.49 bits per heavy atom. The predicted octanol–water partition coefficient (Wildman–Crippen LogP) is 14.0. The van der Waals surface area contributed by atoms with E-state index < -0.39 is 0 Å². The summed E-state index contributed by atoms with van der Waals surface area (Å²) in [4.78, 5) is 15.5. The quantitative estimate of drug-likeness (QED) is 0.166. The van der Waals surface area contributed by atoms with Crippen LogP contribution in [0.15, 0.2) is 188 Å². The molecule has 2 heterocycles. The highest BCUT2D eigenvalue weighted by molar-refractivity contribution is 7.25. The maximum atomic E-state index is 5.23. The molecule has 0 bridgehead atoms. The van der Waals surface area contributed by atoms with Gasteiger partial charge in [0.05, 0.1) is 0 Å². The zero-order valence-corrected chi connectivity index (χ0v) is 30.5. The van der Waals surface area contributed by atoms with Gasteiger partial charge in [-0.2, -0.15) is 0 Å². The van der Waals surface area contributed by atoms with Crippen molar-refractivity contribution in [3.63, 3.8) is 0 Å². The number of aromatic nitrogens is 3. The maximum Gasteiger partial charge on any atom is 0.164 e. The van der Waals surface area contributed by atoms with Gasteiger partial charge < -0.3 is 0 Å². The topological polar surface area (TPSA) is 38.7 Å². The standard InChI is InChI=1S/C51H31N3S/c1-3-12-32(13-4-1)33-22-24-35(25-23-33)50-52-49(34-14-5-2-6-15-34)53-51(54-50)44-20-11-19-42-38-16-7-8-17-39(38)45-30-36(27-29-43(45)48(42)44)37-26-28-41-40-18-9-10-21-46(40)55-47(41)31-37/h1-31H. The Morgan fingerprint density at radius 1 is 0.273 bits per heavy atom. The molecule has 0 radical (unpaired) electrons. The number of benzene rings is 9. The molecule has 0 aliphatic carbocycles. The van der Waals surface area contributed by atoms with E-state index in [9.17, 15) is 0 Å². The second-order valence-corrected chi connectivity index (χ2v) is 15.0. The molecule has 0 aliphatic heterocycles. The van der Waals surface area contributed by atoms with Crippen LogP contribution in [0.4, 0.5) is 0 Å². The van der Waals surface area contributed by atoms with Gasteiger partial charge in [-0.05, 0) is 67.4 Å². The first-order valence-corrected chi connectivity index (χ1v) is 19.3. The highest BCUT2D eigenvalue weighted by atomic mass is 32.1. The Morgan fingerprint density at radius 2 is 0.745 bits per heavy atom. The summed E-state index contributed by atoms with van der Waals surface area (Å²) >= 11 is 1.86. The molecule has 0 amide bonds. The summed E-state index contributed by atoms with van der Waals surface area (Å²) in [5, 5.41) is 9.76. The summed E-state index contributed by atoms with van der Waals surface area (Å²) in [6.07, 6.45) is 0. The average molecular weight is 718 g/mol. The van der Waals surface area contributed by atoms with Gasteiger partial charge in [-0.25, -0.2) is 15.0 Å². The van der Waals surface area contributed by atoms with Crippen molar-refractivity contribution in [2.24, 2.45) is 0 Å². The molecule has 3 nitrogen and oxygen atoms in total. The van der Waals surface area contributed by atoms with Gasteiger partial charge >= 0.3 is 0 Å². The van der Waals surface area contributed by atoms with E-state index in [1.54, 1.807) is 0 Å². The molecule has 55 heavy (non-hydrogen) atoms. The minimum Gasteiger partial charge on any atom is -0.208 e. The minimum absolute atomic E-state index is 0.643. The van der Waals surface area contributed by atoms with Crippen LogP contribution < -0.4 is 0 Å². The summed E-state index contributed by atoms with van der Waals surface area (Å²) in [5.41, 5.74) is 7.61. The van der Waals surface area contributed by atoms with E-state index >= 15 is 0 Å². The molecule has 2 aromatic heterocycles. The number of nitrogens with zero attached hydrogens (tertiary/aromatic N) is 3. The smallest absolute Gasteiger partial charge is 0.164 e. The van der Waals surface area contributed by atoms with Crippen molar-refractivity contribution in [1.82, 2.24) is 15.0 Å². The van der Waals surface area contributed by atoms with E-state index in [2.05, 4.69) is 164 Å². The molecule has 9 aromatic carbocycles. The van der Waals surface area contributed by atoms with Crippen LogP contribution in [0, 0.1) is 0 Å². The number of hydrogen-bond acceptors (Lipinski definition) is 4. The van der Waals surface area contributed by atoms with Crippen LogP contribution in [-0.2, 0) is 0 Å². The minimum atomic E-state index is 0.643. The van der Waals surface area contributed by atoms with Crippen LogP contribution in [0.2, 0.25) is 0 Å². The molecule has 11 rings (SSSR count). The van der Waals surface area contributed by atoms with Gasteiger partial charge in [0.25, 0.3) is 0 Å². The van der Waals surface area contributed by atoms with Gasteiger partial charge in [-0.15, -0.1) is 11.3 Å². The van der Waals surface area contributed by atoms with Crippen molar-refractivity contribution in [3.8, 4) is 56.4 Å². The van der Waals surface area contributed by atoms with Crippen LogP contribution in [-0.4, -0.2) is 15.0 Å². The lowest BCUT2D eigenvalue weighted by Crippen LogP contribution is -2.01. The summed E-state index contributed by atoms with van der Waals surface area (Å²) in [5.74, 6) is 1.94. The van der Waals surface area contributed by atoms with Crippen LogP contribution in [0.5, 0.6) is 0 Å². The third-order valence-electron chi connectivity index (χ3n) is 10.7. The Bertz CT molecular complexity index is 3240. The van der Waals surface area contributed by atoms with Gasteiger partial charge in [-0.1, -0.05) is 170 Å². The van der Waals surface area contributed by atoms with Crippen molar-refractivity contribution in [3.05, 3.63) is 188 Å². The Kier molecular flexibility index (Phi) is 7.35. The predicted molar refractivity (Wildman–Crippen MR) is 232 cm³/mol. The second kappa shape index (κ2) is 12.8. The third kappa shape index (κ3) is 5.38. The summed E-state index contributed by atoms with van der Waals surface area (Å²) in [6, 6.07) is 66.9. The highest BCUT2D eigenvalue weighted by Gasteiger charge is 2.18. The lowest BCUT2D eigenvalue weighted by molar-refractivity contribution is 1.08. The van der Waals surface area contributed by atoms with E-state index in [0.717, 1.165) is 27.6 Å². The first kappa shape index (κ1) is 31.5. The Balaban J connectivity index is 1.12. The van der Waals surface area contributed by atoms with Gasteiger partial charge in [0.1, 0.15) is 0 Å². The molecular formula is C51H31N3S. The first-order valence-electron chi connectivity index (χ1n) is 18.5. The van der Waals surface area contributed by atoms with Gasteiger partial charge in [0.2, 0.25) is 0 Å². The van der Waals surface area contributed by atoms with Crippen molar-refractivity contribution < 1.29 is 0 Å². The molecule has 0 spiro atoms. The maximum absolute atomic E-state index is 5.23. The van der Waals surface area contributed by atoms with Crippen molar-refractivity contribution in [1.29, 1.82) is 0 Å². The van der Waals surface area contributed by atoms with Crippen LogP contribution in [0.25, 0.3) is 109 Å². The fourth-order valence-electron chi connectivity index (χ4n) is 8.06. The SMILES string of the molecule is c1ccc(-c2ccc(-c3nc(-c4ccccc4)nc(-c4cccc5c6ccccc6c6cc(-c7ccc8c(c7)sc7ccccc78)ccc6c45)n3)cc2)cc1.